The van der Waals surface area contributed by atoms with Crippen LogP contribution in [0.4, 0.5) is 15.8 Å². The molecule has 0 aliphatic rings. The van der Waals surface area contributed by atoms with E-state index in [2.05, 4.69) is 10.6 Å². The molecule has 2 aromatic rings. The number of aryl methyl sites for hydroxylation is 1. The normalized spacial score (nSPS) is 11.8. The van der Waals surface area contributed by atoms with E-state index in [0.29, 0.717) is 5.69 Å². The van der Waals surface area contributed by atoms with E-state index < -0.39 is 6.04 Å². The molecule has 0 aliphatic heterocycles. The van der Waals surface area contributed by atoms with Gasteiger partial charge in [0.2, 0.25) is 5.91 Å². The van der Waals surface area contributed by atoms with Gasteiger partial charge in [-0.1, -0.05) is 12.1 Å². The van der Waals surface area contributed by atoms with Crippen molar-refractivity contribution in [3.05, 3.63) is 59.9 Å². The molecule has 2 N–H and O–H groups in total. The first kappa shape index (κ1) is 14.1. The van der Waals surface area contributed by atoms with E-state index in [4.69, 9.17) is 0 Å². The fourth-order valence-corrected chi connectivity index (χ4v) is 1.83. The van der Waals surface area contributed by atoms with Crippen LogP contribution in [0.1, 0.15) is 12.5 Å². The maximum absolute atomic E-state index is 12.8. The maximum Gasteiger partial charge on any atom is 0.246 e. The molecular formula is C16H17FN2O. The van der Waals surface area contributed by atoms with Crippen molar-refractivity contribution in [2.45, 2.75) is 19.9 Å². The van der Waals surface area contributed by atoms with Crippen molar-refractivity contribution >= 4 is 17.3 Å². The number of benzene rings is 2. The van der Waals surface area contributed by atoms with Crippen LogP contribution >= 0.6 is 0 Å². The molecule has 2 aromatic carbocycles. The first-order valence-electron chi connectivity index (χ1n) is 6.44. The summed E-state index contributed by atoms with van der Waals surface area (Å²) >= 11 is 0. The van der Waals surface area contributed by atoms with Crippen molar-refractivity contribution in [1.82, 2.24) is 0 Å². The van der Waals surface area contributed by atoms with Crippen LogP contribution in [0.5, 0.6) is 0 Å². The predicted molar refractivity (Wildman–Crippen MR) is 79.3 cm³/mol. The number of carbonyl (C=O) groups is 1. The second-order valence-electron chi connectivity index (χ2n) is 4.73. The number of rotatable bonds is 4. The predicted octanol–water partition coefficient (Wildman–Crippen LogP) is 3.57. The van der Waals surface area contributed by atoms with Gasteiger partial charge in [-0.15, -0.1) is 0 Å². The SMILES string of the molecule is Cc1cccc(NC(=O)C(C)Nc2ccc(F)cc2)c1. The Labute approximate surface area is 117 Å². The third-order valence-electron chi connectivity index (χ3n) is 2.91. The Balaban J connectivity index is 1.96. The highest BCUT2D eigenvalue weighted by Gasteiger charge is 2.12. The van der Waals surface area contributed by atoms with Gasteiger partial charge in [0.15, 0.2) is 0 Å². The van der Waals surface area contributed by atoms with Gasteiger partial charge in [-0.3, -0.25) is 4.79 Å². The van der Waals surface area contributed by atoms with Gasteiger partial charge in [0.1, 0.15) is 11.9 Å². The molecule has 1 amide bonds. The van der Waals surface area contributed by atoms with Crippen LogP contribution in [-0.2, 0) is 4.79 Å². The van der Waals surface area contributed by atoms with E-state index in [1.54, 1.807) is 19.1 Å². The molecule has 0 aliphatic carbocycles. The Hall–Kier alpha value is -2.36. The highest BCUT2D eigenvalue weighted by Crippen LogP contribution is 2.12. The molecule has 0 radical (unpaired) electrons. The average molecular weight is 272 g/mol. The third-order valence-corrected chi connectivity index (χ3v) is 2.91. The summed E-state index contributed by atoms with van der Waals surface area (Å²) in [6, 6.07) is 13.1. The Kier molecular flexibility index (Phi) is 4.35. The van der Waals surface area contributed by atoms with Crippen LogP contribution in [0.3, 0.4) is 0 Å². The maximum atomic E-state index is 12.8. The van der Waals surface area contributed by atoms with Crippen molar-refractivity contribution < 1.29 is 9.18 Å². The molecule has 0 saturated carbocycles. The summed E-state index contributed by atoms with van der Waals surface area (Å²) in [5.41, 5.74) is 2.56. The molecule has 3 nitrogen and oxygen atoms in total. The van der Waals surface area contributed by atoms with E-state index >= 15 is 0 Å². The monoisotopic (exact) mass is 272 g/mol. The number of carbonyl (C=O) groups excluding carboxylic acids is 1. The van der Waals surface area contributed by atoms with E-state index in [1.165, 1.54) is 12.1 Å². The summed E-state index contributed by atoms with van der Waals surface area (Å²) in [7, 11) is 0. The highest BCUT2D eigenvalue weighted by molar-refractivity contribution is 5.96. The van der Waals surface area contributed by atoms with Crippen LogP contribution < -0.4 is 10.6 Å². The summed E-state index contributed by atoms with van der Waals surface area (Å²) in [5.74, 6) is -0.438. The molecule has 0 aromatic heterocycles. The molecule has 104 valence electrons. The number of halogens is 1. The molecule has 1 atom stereocenters. The van der Waals surface area contributed by atoms with Crippen molar-refractivity contribution in [3.63, 3.8) is 0 Å². The lowest BCUT2D eigenvalue weighted by molar-refractivity contribution is -0.116. The van der Waals surface area contributed by atoms with Crippen molar-refractivity contribution in [1.29, 1.82) is 0 Å². The topological polar surface area (TPSA) is 41.1 Å². The lowest BCUT2D eigenvalue weighted by atomic mass is 10.2. The summed E-state index contributed by atoms with van der Waals surface area (Å²) in [5, 5.41) is 5.86. The van der Waals surface area contributed by atoms with Crippen molar-refractivity contribution in [2.75, 3.05) is 10.6 Å². The minimum Gasteiger partial charge on any atom is -0.374 e. The zero-order chi connectivity index (χ0) is 14.5. The van der Waals surface area contributed by atoms with Crippen LogP contribution in [0.25, 0.3) is 0 Å². The standard InChI is InChI=1S/C16H17FN2O/c1-11-4-3-5-15(10-11)19-16(20)12(2)18-14-8-6-13(17)7-9-14/h3-10,12,18H,1-2H3,(H,19,20). The minimum atomic E-state index is -0.416. The zero-order valence-corrected chi connectivity index (χ0v) is 11.5. The molecule has 1 unspecified atom stereocenters. The van der Waals surface area contributed by atoms with E-state index in [0.717, 1.165) is 11.3 Å². The van der Waals surface area contributed by atoms with Gasteiger partial charge in [0.05, 0.1) is 0 Å². The first-order chi connectivity index (χ1) is 9.54. The first-order valence-corrected chi connectivity index (χ1v) is 6.44. The highest BCUT2D eigenvalue weighted by atomic mass is 19.1. The number of hydrogen-bond acceptors (Lipinski definition) is 2. The Morgan fingerprint density at radius 1 is 1.10 bits per heavy atom. The molecular weight excluding hydrogens is 255 g/mol. The van der Waals surface area contributed by atoms with E-state index in [-0.39, 0.29) is 11.7 Å². The van der Waals surface area contributed by atoms with Gasteiger partial charge in [0.25, 0.3) is 0 Å². The van der Waals surface area contributed by atoms with Crippen LogP contribution in [0.15, 0.2) is 48.5 Å². The summed E-state index contributed by atoms with van der Waals surface area (Å²) in [6.07, 6.45) is 0. The quantitative estimate of drug-likeness (QED) is 0.893. The number of anilines is 2. The molecule has 0 saturated heterocycles. The van der Waals surface area contributed by atoms with Crippen molar-refractivity contribution in [2.24, 2.45) is 0 Å². The van der Waals surface area contributed by atoms with Crippen molar-refractivity contribution in [3.8, 4) is 0 Å². The lowest BCUT2D eigenvalue weighted by Gasteiger charge is -2.15. The second-order valence-corrected chi connectivity index (χ2v) is 4.73. The fraction of sp³-hybridized carbons (Fsp3) is 0.188. The molecule has 0 fully saturated rings. The fourth-order valence-electron chi connectivity index (χ4n) is 1.83. The smallest absolute Gasteiger partial charge is 0.246 e. The Bertz CT molecular complexity index is 596. The summed E-state index contributed by atoms with van der Waals surface area (Å²) in [4.78, 5) is 12.0. The lowest BCUT2D eigenvalue weighted by Crippen LogP contribution is -2.31. The third kappa shape index (κ3) is 3.82. The number of nitrogens with one attached hydrogen (secondary N) is 2. The average Bonchev–Trinajstić information content (AvgIpc) is 2.41. The summed E-state index contributed by atoms with van der Waals surface area (Å²) < 4.78 is 12.8. The zero-order valence-electron chi connectivity index (χ0n) is 11.5. The van der Waals surface area contributed by atoms with Crippen LogP contribution in [-0.4, -0.2) is 11.9 Å². The molecule has 0 bridgehead atoms. The number of hydrogen-bond donors (Lipinski definition) is 2. The molecule has 2 rings (SSSR count). The van der Waals surface area contributed by atoms with Gasteiger partial charge in [-0.2, -0.15) is 0 Å². The van der Waals surface area contributed by atoms with Gasteiger partial charge in [-0.05, 0) is 55.8 Å². The van der Waals surface area contributed by atoms with E-state index in [9.17, 15) is 9.18 Å². The van der Waals surface area contributed by atoms with Gasteiger partial charge >= 0.3 is 0 Å². The number of amides is 1. The van der Waals surface area contributed by atoms with Crippen LogP contribution in [0, 0.1) is 12.7 Å². The van der Waals surface area contributed by atoms with Gasteiger partial charge in [-0.25, -0.2) is 4.39 Å². The molecule has 0 heterocycles. The molecule has 0 spiro atoms. The minimum absolute atomic E-state index is 0.139. The molecule has 20 heavy (non-hydrogen) atoms. The Morgan fingerprint density at radius 3 is 2.45 bits per heavy atom. The largest absolute Gasteiger partial charge is 0.374 e. The second kappa shape index (κ2) is 6.19. The van der Waals surface area contributed by atoms with Gasteiger partial charge < -0.3 is 10.6 Å². The Morgan fingerprint density at radius 2 is 1.80 bits per heavy atom. The molecule has 4 heteroatoms. The summed E-state index contributed by atoms with van der Waals surface area (Å²) in [6.45, 7) is 3.73. The van der Waals surface area contributed by atoms with Crippen LogP contribution in [0.2, 0.25) is 0 Å². The van der Waals surface area contributed by atoms with Gasteiger partial charge in [0, 0.05) is 11.4 Å². The van der Waals surface area contributed by atoms with E-state index in [1.807, 2.05) is 31.2 Å².